The van der Waals surface area contributed by atoms with Crippen LogP contribution in [0.15, 0.2) is 27.3 Å². The van der Waals surface area contributed by atoms with Crippen LogP contribution >= 0.6 is 31.9 Å². The largest absolute Gasteiger partial charge is 0.318 e. The Labute approximate surface area is 149 Å². The Hall–Kier alpha value is -1.28. The molecule has 120 valence electrons. The molecule has 0 saturated carbocycles. The minimum absolute atomic E-state index is 0.0222. The van der Waals surface area contributed by atoms with Crippen molar-refractivity contribution in [2.45, 2.75) is 24.7 Å². The molecule has 4 aliphatic rings. The van der Waals surface area contributed by atoms with Crippen molar-refractivity contribution in [3.05, 3.63) is 33.0 Å². The summed E-state index contributed by atoms with van der Waals surface area (Å²) in [5, 5.41) is 6.13. The number of nitrogens with zero attached hydrogens (tertiary/aromatic N) is 2. The zero-order chi connectivity index (χ0) is 15.9. The van der Waals surface area contributed by atoms with Crippen LogP contribution in [0.4, 0.5) is 4.79 Å². The Morgan fingerprint density at radius 3 is 2.83 bits per heavy atom. The summed E-state index contributed by atoms with van der Waals surface area (Å²) in [6.07, 6.45) is 5.89. The lowest BCUT2D eigenvalue weighted by atomic mass is 9.77. The SMILES string of the molecule is O=C1N[C@H]2n3c(cc(Br)c3Br)C(=O)N3C[C@H]4CC=CC[C@H]4[C@]23N1. The zero-order valence-electron chi connectivity index (χ0n) is 12.1. The van der Waals surface area contributed by atoms with E-state index in [0.717, 1.165) is 21.9 Å². The molecule has 0 radical (unpaired) electrons. The molecule has 0 unspecified atom stereocenters. The Morgan fingerprint density at radius 1 is 1.22 bits per heavy atom. The first-order valence-corrected chi connectivity index (χ1v) is 9.24. The molecule has 1 spiro atoms. The summed E-state index contributed by atoms with van der Waals surface area (Å²) < 4.78 is 3.50. The number of carbonyl (C=O) groups excluding carboxylic acids is 2. The Bertz CT molecular complexity index is 789. The first-order valence-electron chi connectivity index (χ1n) is 7.66. The minimum atomic E-state index is -0.683. The van der Waals surface area contributed by atoms with Crippen molar-refractivity contribution in [1.82, 2.24) is 20.1 Å². The van der Waals surface area contributed by atoms with E-state index in [2.05, 4.69) is 54.6 Å². The van der Waals surface area contributed by atoms with Gasteiger partial charge in [-0.2, -0.15) is 0 Å². The highest BCUT2D eigenvalue weighted by Crippen LogP contribution is 2.53. The predicted molar refractivity (Wildman–Crippen MR) is 89.7 cm³/mol. The average Bonchev–Trinajstić information content (AvgIpc) is 3.14. The fraction of sp³-hybridized carbons (Fsp3) is 0.467. The van der Waals surface area contributed by atoms with Gasteiger partial charge in [0.15, 0.2) is 11.8 Å². The Morgan fingerprint density at radius 2 is 2.00 bits per heavy atom. The van der Waals surface area contributed by atoms with Crippen LogP contribution in [0.1, 0.15) is 29.5 Å². The number of aromatic nitrogens is 1. The molecule has 1 aromatic heterocycles. The number of rotatable bonds is 0. The zero-order valence-corrected chi connectivity index (χ0v) is 15.2. The van der Waals surface area contributed by atoms with E-state index in [1.54, 1.807) is 0 Å². The van der Waals surface area contributed by atoms with Gasteiger partial charge in [-0.1, -0.05) is 12.2 Å². The molecule has 5 rings (SSSR count). The fourth-order valence-electron chi connectivity index (χ4n) is 4.77. The third-order valence-electron chi connectivity index (χ3n) is 5.65. The lowest BCUT2D eigenvalue weighted by molar-refractivity contribution is 0.0137. The molecule has 4 heterocycles. The predicted octanol–water partition coefficient (Wildman–Crippen LogP) is 2.57. The molecule has 0 aromatic carbocycles. The molecule has 4 atom stereocenters. The van der Waals surface area contributed by atoms with Crippen LogP contribution in [0.5, 0.6) is 0 Å². The molecular weight excluding hydrogens is 428 g/mol. The van der Waals surface area contributed by atoms with E-state index in [0.29, 0.717) is 18.2 Å². The Balaban J connectivity index is 1.76. The van der Waals surface area contributed by atoms with Crippen molar-refractivity contribution >= 4 is 43.8 Å². The average molecular weight is 442 g/mol. The summed E-state index contributed by atoms with van der Waals surface area (Å²) in [5.74, 6) is 0.589. The normalized spacial score (nSPS) is 37.0. The topological polar surface area (TPSA) is 66.4 Å². The van der Waals surface area contributed by atoms with Gasteiger partial charge >= 0.3 is 6.03 Å². The van der Waals surface area contributed by atoms with Gasteiger partial charge in [-0.15, -0.1) is 0 Å². The number of fused-ring (bicyclic) bond motifs is 3. The van der Waals surface area contributed by atoms with Crippen LogP contribution in [0.3, 0.4) is 0 Å². The number of urea groups is 1. The monoisotopic (exact) mass is 440 g/mol. The van der Waals surface area contributed by atoms with Crippen molar-refractivity contribution in [1.29, 1.82) is 0 Å². The third kappa shape index (κ3) is 1.54. The van der Waals surface area contributed by atoms with E-state index in [-0.39, 0.29) is 24.0 Å². The van der Waals surface area contributed by atoms with Crippen LogP contribution in [0.25, 0.3) is 0 Å². The number of carbonyl (C=O) groups is 2. The number of amides is 3. The van der Waals surface area contributed by atoms with Crippen LogP contribution in [-0.4, -0.2) is 33.6 Å². The first-order chi connectivity index (χ1) is 11.0. The maximum atomic E-state index is 13.1. The fourth-order valence-corrected chi connectivity index (χ4v) is 5.68. The van der Waals surface area contributed by atoms with Gasteiger partial charge in [-0.05, 0) is 56.7 Å². The van der Waals surface area contributed by atoms with Crippen molar-refractivity contribution in [3.8, 4) is 0 Å². The second-order valence-corrected chi connectivity index (χ2v) is 8.20. The van der Waals surface area contributed by atoms with E-state index < -0.39 is 5.66 Å². The third-order valence-corrected chi connectivity index (χ3v) is 7.59. The van der Waals surface area contributed by atoms with Gasteiger partial charge in [0.1, 0.15) is 10.3 Å². The highest BCUT2D eigenvalue weighted by Gasteiger charge is 2.66. The summed E-state index contributed by atoms with van der Waals surface area (Å²) in [5.41, 5.74) is -0.0858. The summed E-state index contributed by atoms with van der Waals surface area (Å²) in [4.78, 5) is 27.2. The number of hydrogen-bond acceptors (Lipinski definition) is 2. The highest BCUT2D eigenvalue weighted by molar-refractivity contribution is 9.13. The number of allylic oxidation sites excluding steroid dienone is 2. The maximum Gasteiger partial charge on any atom is 0.318 e. The second kappa shape index (κ2) is 4.42. The smallest absolute Gasteiger partial charge is 0.313 e. The van der Waals surface area contributed by atoms with Gasteiger partial charge in [0.25, 0.3) is 5.91 Å². The number of nitrogens with one attached hydrogen (secondary N) is 2. The van der Waals surface area contributed by atoms with Gasteiger partial charge < -0.3 is 20.1 Å². The molecule has 23 heavy (non-hydrogen) atoms. The molecule has 3 aliphatic heterocycles. The standard InChI is InChI=1S/C15H14Br2N4O2/c16-9-5-10-12(22)20-6-7-3-1-2-4-8(7)15(20)13(18-14(23)19-15)21(10)11(9)17/h1-2,5,7-8,13H,3-4,6H2,(H2,18,19,23)/t7-,8-,13+,15-/m1/s1. The molecule has 8 heteroatoms. The van der Waals surface area contributed by atoms with Crippen LogP contribution in [-0.2, 0) is 0 Å². The van der Waals surface area contributed by atoms with Crippen LogP contribution in [0, 0.1) is 11.8 Å². The summed E-state index contributed by atoms with van der Waals surface area (Å²) in [6, 6.07) is 1.61. The van der Waals surface area contributed by atoms with Crippen LogP contribution in [0.2, 0.25) is 0 Å². The Kier molecular flexibility index (Phi) is 2.71. The van der Waals surface area contributed by atoms with Crippen molar-refractivity contribution in [2.75, 3.05) is 6.54 Å². The summed E-state index contributed by atoms with van der Waals surface area (Å²) in [6.45, 7) is 0.687. The van der Waals surface area contributed by atoms with Gasteiger partial charge in [0, 0.05) is 12.5 Å². The van der Waals surface area contributed by atoms with Crippen molar-refractivity contribution in [3.63, 3.8) is 0 Å². The lowest BCUT2D eigenvalue weighted by Crippen LogP contribution is -2.65. The van der Waals surface area contributed by atoms with Gasteiger partial charge in [0.05, 0.1) is 4.47 Å². The van der Waals surface area contributed by atoms with E-state index in [1.165, 1.54) is 0 Å². The van der Waals surface area contributed by atoms with Crippen molar-refractivity contribution < 1.29 is 9.59 Å². The molecular formula is C15H14Br2N4O2. The highest BCUT2D eigenvalue weighted by atomic mass is 79.9. The molecule has 1 aliphatic carbocycles. The number of halogens is 2. The quantitative estimate of drug-likeness (QED) is 0.607. The van der Waals surface area contributed by atoms with E-state index in [1.807, 2.05) is 15.5 Å². The van der Waals surface area contributed by atoms with Crippen molar-refractivity contribution in [2.24, 2.45) is 11.8 Å². The molecule has 0 bridgehead atoms. The first kappa shape index (κ1) is 14.1. The van der Waals surface area contributed by atoms with Crippen LogP contribution < -0.4 is 10.6 Å². The van der Waals surface area contributed by atoms with E-state index in [4.69, 9.17) is 0 Å². The summed E-state index contributed by atoms with van der Waals surface area (Å²) >= 11 is 7.03. The van der Waals surface area contributed by atoms with E-state index in [9.17, 15) is 9.59 Å². The van der Waals surface area contributed by atoms with Gasteiger partial charge in [-0.25, -0.2) is 4.79 Å². The molecule has 2 saturated heterocycles. The molecule has 1 aromatic rings. The minimum Gasteiger partial charge on any atom is -0.313 e. The lowest BCUT2D eigenvalue weighted by Gasteiger charge is -2.46. The molecule has 3 amide bonds. The molecule has 2 fully saturated rings. The van der Waals surface area contributed by atoms with Gasteiger partial charge in [-0.3, -0.25) is 4.79 Å². The molecule has 2 N–H and O–H groups in total. The van der Waals surface area contributed by atoms with E-state index >= 15 is 0 Å². The second-order valence-electron chi connectivity index (χ2n) is 6.59. The van der Waals surface area contributed by atoms with Gasteiger partial charge in [0.2, 0.25) is 0 Å². The summed E-state index contributed by atoms with van der Waals surface area (Å²) in [7, 11) is 0. The molecule has 6 nitrogen and oxygen atoms in total. The number of hydrogen-bond donors (Lipinski definition) is 2. The maximum absolute atomic E-state index is 13.1.